The number of nitrogens with one attached hydrogen (secondary N) is 1. The molecule has 2 aromatic rings. The van der Waals surface area contributed by atoms with Crippen molar-refractivity contribution in [2.45, 2.75) is 13.3 Å². The normalized spacial score (nSPS) is 13.9. The first-order valence-corrected chi connectivity index (χ1v) is 6.30. The summed E-state index contributed by atoms with van der Waals surface area (Å²) in [7, 11) is 0. The Morgan fingerprint density at radius 2 is 2.15 bits per heavy atom. The van der Waals surface area contributed by atoms with Gasteiger partial charge in [0.05, 0.1) is 24.4 Å². The van der Waals surface area contributed by atoms with Crippen molar-refractivity contribution in [2.24, 2.45) is 0 Å². The van der Waals surface area contributed by atoms with Crippen molar-refractivity contribution in [1.82, 2.24) is 9.97 Å². The fourth-order valence-corrected chi connectivity index (χ4v) is 2.12. The maximum Gasteiger partial charge on any atom is 0.227 e. The smallest absolute Gasteiger partial charge is 0.227 e. The summed E-state index contributed by atoms with van der Waals surface area (Å²) in [6.45, 7) is 2.24. The summed E-state index contributed by atoms with van der Waals surface area (Å²) in [6, 6.07) is 7.39. The largest absolute Gasteiger partial charge is 0.491 e. The van der Waals surface area contributed by atoms with Gasteiger partial charge in [-0.3, -0.25) is 4.79 Å². The predicted molar refractivity (Wildman–Crippen MR) is 75.4 cm³/mol. The molecule has 6 heteroatoms. The molecule has 0 radical (unpaired) electrons. The minimum absolute atomic E-state index is 0.0562. The van der Waals surface area contributed by atoms with Crippen LogP contribution in [0.4, 0.5) is 11.6 Å². The Morgan fingerprint density at radius 3 is 2.95 bits per heavy atom. The van der Waals surface area contributed by atoms with Gasteiger partial charge in [0.25, 0.3) is 0 Å². The SMILES string of the molecule is Cc1cc(-c2ccc3c(c2)NC(=O)CCO3)nc(N)n1. The maximum absolute atomic E-state index is 11.6. The van der Waals surface area contributed by atoms with E-state index in [-0.39, 0.29) is 11.9 Å². The van der Waals surface area contributed by atoms with Gasteiger partial charge in [-0.2, -0.15) is 0 Å². The van der Waals surface area contributed by atoms with E-state index in [2.05, 4.69) is 15.3 Å². The molecule has 0 saturated heterocycles. The molecule has 0 aliphatic carbocycles. The zero-order valence-electron chi connectivity index (χ0n) is 11.0. The molecule has 1 aromatic heterocycles. The summed E-state index contributed by atoms with van der Waals surface area (Å²) in [5.41, 5.74) is 8.68. The number of amides is 1. The predicted octanol–water partition coefficient (Wildman–Crippen LogP) is 1.76. The number of ether oxygens (including phenoxy) is 1. The number of carbonyl (C=O) groups is 1. The van der Waals surface area contributed by atoms with Crippen LogP contribution in [0.1, 0.15) is 12.1 Å². The first kappa shape index (κ1) is 12.4. The van der Waals surface area contributed by atoms with E-state index in [9.17, 15) is 4.79 Å². The lowest BCUT2D eigenvalue weighted by Crippen LogP contribution is -2.10. The lowest BCUT2D eigenvalue weighted by Gasteiger charge is -2.09. The number of aromatic nitrogens is 2. The van der Waals surface area contributed by atoms with Crippen LogP contribution in [0.25, 0.3) is 11.3 Å². The third kappa shape index (κ3) is 2.40. The molecule has 20 heavy (non-hydrogen) atoms. The summed E-state index contributed by atoms with van der Waals surface area (Å²) < 4.78 is 5.52. The van der Waals surface area contributed by atoms with Crippen molar-refractivity contribution in [3.05, 3.63) is 30.0 Å². The van der Waals surface area contributed by atoms with Gasteiger partial charge in [-0.05, 0) is 31.2 Å². The summed E-state index contributed by atoms with van der Waals surface area (Å²) in [6.07, 6.45) is 0.351. The highest BCUT2D eigenvalue weighted by molar-refractivity contribution is 5.94. The van der Waals surface area contributed by atoms with E-state index < -0.39 is 0 Å². The van der Waals surface area contributed by atoms with Gasteiger partial charge in [-0.1, -0.05) is 0 Å². The lowest BCUT2D eigenvalue weighted by molar-refractivity contribution is -0.116. The second kappa shape index (κ2) is 4.80. The molecule has 0 unspecified atom stereocenters. The molecule has 1 aliphatic rings. The number of hydrogen-bond acceptors (Lipinski definition) is 5. The molecule has 1 aliphatic heterocycles. The van der Waals surface area contributed by atoms with Crippen molar-refractivity contribution in [2.75, 3.05) is 17.7 Å². The highest BCUT2D eigenvalue weighted by Gasteiger charge is 2.15. The highest BCUT2D eigenvalue weighted by atomic mass is 16.5. The molecule has 3 N–H and O–H groups in total. The first-order chi connectivity index (χ1) is 9.61. The van der Waals surface area contributed by atoms with Crippen LogP contribution in [0.2, 0.25) is 0 Å². The average molecular weight is 270 g/mol. The molecule has 102 valence electrons. The van der Waals surface area contributed by atoms with E-state index in [0.717, 1.165) is 17.0 Å². The van der Waals surface area contributed by atoms with E-state index in [4.69, 9.17) is 10.5 Å². The van der Waals surface area contributed by atoms with Gasteiger partial charge in [0.2, 0.25) is 11.9 Å². The van der Waals surface area contributed by atoms with E-state index >= 15 is 0 Å². The van der Waals surface area contributed by atoms with Gasteiger partial charge in [-0.15, -0.1) is 0 Å². The minimum atomic E-state index is -0.0562. The lowest BCUT2D eigenvalue weighted by atomic mass is 10.1. The van der Waals surface area contributed by atoms with Crippen LogP contribution in [0.5, 0.6) is 5.75 Å². The second-order valence-corrected chi connectivity index (χ2v) is 4.61. The number of nitrogens with zero attached hydrogens (tertiary/aromatic N) is 2. The Balaban J connectivity index is 2.05. The van der Waals surface area contributed by atoms with Gasteiger partial charge in [0.15, 0.2) is 0 Å². The molecule has 0 bridgehead atoms. The Labute approximate surface area is 116 Å². The number of fused-ring (bicyclic) bond motifs is 1. The highest BCUT2D eigenvalue weighted by Crippen LogP contribution is 2.31. The number of carbonyl (C=O) groups excluding carboxylic acids is 1. The fourth-order valence-electron chi connectivity index (χ4n) is 2.12. The third-order valence-corrected chi connectivity index (χ3v) is 3.01. The van der Waals surface area contributed by atoms with Crippen molar-refractivity contribution in [1.29, 1.82) is 0 Å². The van der Waals surface area contributed by atoms with E-state index in [1.807, 2.05) is 31.2 Å². The van der Waals surface area contributed by atoms with Crippen molar-refractivity contribution in [3.8, 4) is 17.0 Å². The Hall–Kier alpha value is -2.63. The van der Waals surface area contributed by atoms with Crippen LogP contribution in [0.15, 0.2) is 24.3 Å². The number of aryl methyl sites for hydroxylation is 1. The van der Waals surface area contributed by atoms with Crippen molar-refractivity contribution < 1.29 is 9.53 Å². The second-order valence-electron chi connectivity index (χ2n) is 4.61. The molecule has 1 aromatic carbocycles. The summed E-state index contributed by atoms with van der Waals surface area (Å²) in [5.74, 6) is 0.841. The van der Waals surface area contributed by atoms with Crippen LogP contribution in [-0.4, -0.2) is 22.5 Å². The van der Waals surface area contributed by atoms with Gasteiger partial charge in [-0.25, -0.2) is 9.97 Å². The molecule has 0 saturated carbocycles. The van der Waals surface area contributed by atoms with Crippen LogP contribution in [0.3, 0.4) is 0 Å². The number of nitrogen functional groups attached to an aromatic ring is 1. The number of hydrogen-bond donors (Lipinski definition) is 2. The zero-order chi connectivity index (χ0) is 14.1. The van der Waals surface area contributed by atoms with Gasteiger partial charge >= 0.3 is 0 Å². The Morgan fingerprint density at radius 1 is 1.30 bits per heavy atom. The fraction of sp³-hybridized carbons (Fsp3) is 0.214. The average Bonchev–Trinajstić information content (AvgIpc) is 2.57. The molecule has 3 rings (SSSR count). The summed E-state index contributed by atoms with van der Waals surface area (Å²) in [4.78, 5) is 19.8. The third-order valence-electron chi connectivity index (χ3n) is 3.01. The molecule has 6 nitrogen and oxygen atoms in total. The Kier molecular flexibility index (Phi) is 2.98. The van der Waals surface area contributed by atoms with Gasteiger partial charge in [0.1, 0.15) is 5.75 Å². The standard InChI is InChI=1S/C14H14N4O2/c1-8-6-10(18-14(15)16-8)9-2-3-12-11(7-9)17-13(19)4-5-20-12/h2-3,6-7H,4-5H2,1H3,(H,17,19)(H2,15,16,18). The molecular formula is C14H14N4O2. The minimum Gasteiger partial charge on any atom is -0.491 e. The summed E-state index contributed by atoms with van der Waals surface area (Å²) in [5, 5.41) is 2.82. The number of benzene rings is 1. The van der Waals surface area contributed by atoms with Gasteiger partial charge in [0, 0.05) is 11.3 Å². The van der Waals surface area contributed by atoms with E-state index in [0.29, 0.717) is 24.5 Å². The molecule has 0 fully saturated rings. The number of rotatable bonds is 1. The van der Waals surface area contributed by atoms with Crippen molar-refractivity contribution in [3.63, 3.8) is 0 Å². The molecule has 2 heterocycles. The first-order valence-electron chi connectivity index (χ1n) is 6.30. The summed E-state index contributed by atoms with van der Waals surface area (Å²) >= 11 is 0. The molecule has 0 atom stereocenters. The van der Waals surface area contributed by atoms with Crippen LogP contribution >= 0.6 is 0 Å². The number of nitrogens with two attached hydrogens (primary N) is 1. The quantitative estimate of drug-likeness (QED) is 0.824. The monoisotopic (exact) mass is 270 g/mol. The topological polar surface area (TPSA) is 90.1 Å². The van der Waals surface area contributed by atoms with E-state index in [1.54, 1.807) is 0 Å². The van der Waals surface area contributed by atoms with E-state index in [1.165, 1.54) is 0 Å². The van der Waals surface area contributed by atoms with Crippen LogP contribution in [0, 0.1) is 6.92 Å². The zero-order valence-corrected chi connectivity index (χ0v) is 11.0. The number of anilines is 2. The molecule has 0 spiro atoms. The van der Waals surface area contributed by atoms with Crippen molar-refractivity contribution >= 4 is 17.5 Å². The Bertz CT molecular complexity index is 665. The van der Waals surface area contributed by atoms with Crippen LogP contribution < -0.4 is 15.8 Å². The maximum atomic E-state index is 11.6. The molecular weight excluding hydrogens is 256 g/mol. The van der Waals surface area contributed by atoms with Crippen LogP contribution in [-0.2, 0) is 4.79 Å². The molecule has 1 amide bonds. The van der Waals surface area contributed by atoms with Gasteiger partial charge < -0.3 is 15.8 Å².